The fourth-order valence-electron chi connectivity index (χ4n) is 1.93. The van der Waals surface area contributed by atoms with Crippen LogP contribution in [0, 0.1) is 5.95 Å². The summed E-state index contributed by atoms with van der Waals surface area (Å²) in [5.74, 6) is -0.244. The molecule has 0 saturated carbocycles. The molecule has 1 aliphatic heterocycles. The second-order valence-corrected chi connectivity index (χ2v) is 3.78. The van der Waals surface area contributed by atoms with Gasteiger partial charge in [-0.3, -0.25) is 0 Å². The van der Waals surface area contributed by atoms with Crippen molar-refractivity contribution in [3.05, 3.63) is 29.8 Å². The molecular formula is C11H14FNO2. The first-order chi connectivity index (χ1) is 7.29. The number of hydrogen-bond acceptors (Lipinski definition) is 3. The van der Waals surface area contributed by atoms with Crippen LogP contribution in [0.5, 0.6) is 0 Å². The molecule has 1 fully saturated rings. The van der Waals surface area contributed by atoms with Crippen LogP contribution in [-0.2, 0) is 4.74 Å². The number of aliphatic hydroxyl groups excluding tert-OH is 1. The van der Waals surface area contributed by atoms with E-state index in [4.69, 9.17) is 9.84 Å². The third kappa shape index (κ3) is 2.52. The molecule has 0 aliphatic carbocycles. The number of nitrogens with zero attached hydrogens (tertiary/aromatic N) is 1. The lowest BCUT2D eigenvalue weighted by atomic mass is 9.92. The Morgan fingerprint density at radius 2 is 2.40 bits per heavy atom. The van der Waals surface area contributed by atoms with E-state index in [1.54, 1.807) is 6.07 Å². The second kappa shape index (κ2) is 4.68. The highest BCUT2D eigenvalue weighted by Crippen LogP contribution is 2.28. The van der Waals surface area contributed by atoms with Gasteiger partial charge in [-0.2, -0.15) is 4.39 Å². The van der Waals surface area contributed by atoms with Gasteiger partial charge in [-0.05, 0) is 25.0 Å². The Morgan fingerprint density at radius 1 is 1.53 bits per heavy atom. The molecule has 3 nitrogen and oxygen atoms in total. The van der Waals surface area contributed by atoms with Crippen molar-refractivity contribution in [2.24, 2.45) is 0 Å². The molecule has 0 radical (unpaired) electrons. The average molecular weight is 211 g/mol. The highest BCUT2D eigenvalue weighted by Gasteiger charge is 2.24. The van der Waals surface area contributed by atoms with Crippen molar-refractivity contribution >= 4 is 0 Å². The van der Waals surface area contributed by atoms with Gasteiger partial charge in [0, 0.05) is 18.2 Å². The van der Waals surface area contributed by atoms with Crippen LogP contribution in [0.15, 0.2) is 18.2 Å². The molecule has 1 saturated heterocycles. The Kier molecular flexibility index (Phi) is 3.28. The largest absolute Gasteiger partial charge is 0.394 e. The highest BCUT2D eigenvalue weighted by atomic mass is 19.1. The van der Waals surface area contributed by atoms with Gasteiger partial charge in [0.1, 0.15) is 0 Å². The Labute approximate surface area is 87.9 Å². The van der Waals surface area contributed by atoms with Gasteiger partial charge in [-0.15, -0.1) is 0 Å². The number of hydrogen-bond donors (Lipinski definition) is 1. The number of rotatable bonds is 2. The molecule has 0 bridgehead atoms. The number of halogens is 1. The van der Waals surface area contributed by atoms with Crippen molar-refractivity contribution in [2.45, 2.75) is 24.9 Å². The minimum Gasteiger partial charge on any atom is -0.394 e. The van der Waals surface area contributed by atoms with Crippen molar-refractivity contribution in [2.75, 3.05) is 13.2 Å². The Morgan fingerprint density at radius 3 is 3.13 bits per heavy atom. The quantitative estimate of drug-likeness (QED) is 0.753. The molecule has 15 heavy (non-hydrogen) atoms. The number of ether oxygens (including phenoxy) is 1. The Bertz CT molecular complexity index is 332. The van der Waals surface area contributed by atoms with Gasteiger partial charge >= 0.3 is 0 Å². The third-order valence-corrected chi connectivity index (χ3v) is 2.73. The lowest BCUT2D eigenvalue weighted by Crippen LogP contribution is -2.27. The predicted molar refractivity (Wildman–Crippen MR) is 53.0 cm³/mol. The van der Waals surface area contributed by atoms with E-state index < -0.39 is 5.95 Å². The van der Waals surface area contributed by atoms with Crippen LogP contribution >= 0.6 is 0 Å². The standard InChI is InChI=1S/C11H14FNO2/c12-11-3-1-2-10(13-11)8-4-5-15-9(6-8)7-14/h1-3,8-9,14H,4-7H2. The summed E-state index contributed by atoms with van der Waals surface area (Å²) in [6.45, 7) is 0.625. The fourth-order valence-corrected chi connectivity index (χ4v) is 1.93. The maximum absolute atomic E-state index is 12.9. The molecule has 0 aromatic carbocycles. The van der Waals surface area contributed by atoms with E-state index in [1.807, 2.05) is 6.07 Å². The second-order valence-electron chi connectivity index (χ2n) is 3.78. The molecule has 1 N–H and O–H groups in total. The molecule has 2 rings (SSSR count). The van der Waals surface area contributed by atoms with Crippen molar-refractivity contribution in [1.29, 1.82) is 0 Å². The molecule has 1 aliphatic rings. The number of aliphatic hydroxyl groups is 1. The lowest BCUT2D eigenvalue weighted by molar-refractivity contribution is -0.0255. The first-order valence-corrected chi connectivity index (χ1v) is 5.14. The van der Waals surface area contributed by atoms with E-state index in [1.165, 1.54) is 6.07 Å². The van der Waals surface area contributed by atoms with Gasteiger partial charge in [0.15, 0.2) is 0 Å². The van der Waals surface area contributed by atoms with E-state index >= 15 is 0 Å². The van der Waals surface area contributed by atoms with Crippen molar-refractivity contribution in [3.63, 3.8) is 0 Å². The average Bonchev–Trinajstić information content (AvgIpc) is 2.29. The topological polar surface area (TPSA) is 42.4 Å². The summed E-state index contributed by atoms with van der Waals surface area (Å²) >= 11 is 0. The predicted octanol–water partition coefficient (Wildman–Crippen LogP) is 1.48. The molecule has 1 aromatic rings. The molecule has 4 heteroatoms. The van der Waals surface area contributed by atoms with Crippen LogP contribution in [0.4, 0.5) is 4.39 Å². The molecule has 1 aromatic heterocycles. The van der Waals surface area contributed by atoms with E-state index in [2.05, 4.69) is 4.98 Å². The van der Waals surface area contributed by atoms with Crippen LogP contribution in [-0.4, -0.2) is 29.4 Å². The normalized spacial score (nSPS) is 26.5. The fraction of sp³-hybridized carbons (Fsp3) is 0.545. The van der Waals surface area contributed by atoms with Crippen LogP contribution in [0.1, 0.15) is 24.5 Å². The SMILES string of the molecule is OCC1CC(c2cccc(F)n2)CCO1. The monoisotopic (exact) mass is 211 g/mol. The van der Waals surface area contributed by atoms with Crippen molar-refractivity contribution < 1.29 is 14.2 Å². The van der Waals surface area contributed by atoms with Crippen LogP contribution < -0.4 is 0 Å². The summed E-state index contributed by atoms with van der Waals surface area (Å²) in [6.07, 6.45) is 1.42. The van der Waals surface area contributed by atoms with Gasteiger partial charge in [-0.1, -0.05) is 6.07 Å². The van der Waals surface area contributed by atoms with Crippen molar-refractivity contribution in [3.8, 4) is 0 Å². The molecule has 82 valence electrons. The van der Waals surface area contributed by atoms with Gasteiger partial charge < -0.3 is 9.84 Å². The summed E-state index contributed by atoms with van der Waals surface area (Å²) < 4.78 is 18.2. The molecule has 2 unspecified atom stereocenters. The van der Waals surface area contributed by atoms with Crippen LogP contribution in [0.2, 0.25) is 0 Å². The molecular weight excluding hydrogens is 197 g/mol. The lowest BCUT2D eigenvalue weighted by Gasteiger charge is -2.27. The zero-order valence-electron chi connectivity index (χ0n) is 8.40. The Balaban J connectivity index is 2.09. The van der Waals surface area contributed by atoms with Crippen molar-refractivity contribution in [1.82, 2.24) is 4.98 Å². The summed E-state index contributed by atoms with van der Waals surface area (Å²) in [4.78, 5) is 3.86. The van der Waals surface area contributed by atoms with E-state index in [-0.39, 0.29) is 18.6 Å². The first-order valence-electron chi connectivity index (χ1n) is 5.14. The Hall–Kier alpha value is -1.00. The van der Waals surface area contributed by atoms with Crippen LogP contribution in [0.25, 0.3) is 0 Å². The van der Waals surface area contributed by atoms with Crippen LogP contribution in [0.3, 0.4) is 0 Å². The maximum atomic E-state index is 12.9. The van der Waals surface area contributed by atoms with Gasteiger partial charge in [0.25, 0.3) is 0 Å². The zero-order valence-corrected chi connectivity index (χ0v) is 8.40. The summed E-state index contributed by atoms with van der Waals surface area (Å²) in [5, 5.41) is 8.99. The molecule has 0 amide bonds. The smallest absolute Gasteiger partial charge is 0.213 e. The number of pyridine rings is 1. The highest BCUT2D eigenvalue weighted by molar-refractivity contribution is 5.11. The van der Waals surface area contributed by atoms with E-state index in [9.17, 15) is 4.39 Å². The van der Waals surface area contributed by atoms with Gasteiger partial charge in [-0.25, -0.2) is 4.98 Å². The molecule has 0 spiro atoms. The minimum absolute atomic E-state index is 0.0197. The summed E-state index contributed by atoms with van der Waals surface area (Å²) in [7, 11) is 0. The van der Waals surface area contributed by atoms with E-state index in [0.29, 0.717) is 13.0 Å². The third-order valence-electron chi connectivity index (χ3n) is 2.73. The molecule has 2 heterocycles. The summed E-state index contributed by atoms with van der Waals surface area (Å²) in [5.41, 5.74) is 0.761. The van der Waals surface area contributed by atoms with E-state index in [0.717, 1.165) is 12.1 Å². The van der Waals surface area contributed by atoms with Gasteiger partial charge in [0.2, 0.25) is 5.95 Å². The zero-order chi connectivity index (χ0) is 10.7. The minimum atomic E-state index is -0.445. The number of aromatic nitrogens is 1. The first kappa shape index (κ1) is 10.5. The maximum Gasteiger partial charge on any atom is 0.213 e. The summed E-state index contributed by atoms with van der Waals surface area (Å²) in [6, 6.07) is 4.83. The molecule has 2 atom stereocenters. The van der Waals surface area contributed by atoms with Gasteiger partial charge in [0.05, 0.1) is 12.7 Å².